The molecule has 4 heteroatoms. The van der Waals surface area contributed by atoms with Gasteiger partial charge in [-0.15, -0.1) is 0 Å². The van der Waals surface area contributed by atoms with Gasteiger partial charge in [0.1, 0.15) is 5.82 Å². The highest BCUT2D eigenvalue weighted by molar-refractivity contribution is 6.07. The van der Waals surface area contributed by atoms with E-state index in [-0.39, 0.29) is 5.91 Å². The maximum atomic E-state index is 12.6. The third-order valence-electron chi connectivity index (χ3n) is 3.76. The van der Waals surface area contributed by atoms with Gasteiger partial charge in [-0.05, 0) is 49.7 Å². The Balaban J connectivity index is 1.84. The van der Waals surface area contributed by atoms with Crippen molar-refractivity contribution in [1.82, 2.24) is 4.98 Å². The minimum atomic E-state index is -0.192. The van der Waals surface area contributed by atoms with Crippen molar-refractivity contribution in [1.29, 1.82) is 0 Å². The van der Waals surface area contributed by atoms with Crippen LogP contribution in [-0.2, 0) is 0 Å². The third kappa shape index (κ3) is 3.60. The number of anilines is 3. The molecule has 3 aromatic rings. The lowest BCUT2D eigenvalue weighted by Crippen LogP contribution is -2.14. The molecule has 0 saturated heterocycles. The Labute approximate surface area is 141 Å². The third-order valence-corrected chi connectivity index (χ3v) is 3.76. The van der Waals surface area contributed by atoms with Crippen LogP contribution in [0.25, 0.3) is 0 Å². The Kier molecular flexibility index (Phi) is 4.57. The van der Waals surface area contributed by atoms with Gasteiger partial charge in [-0.25, -0.2) is 4.98 Å². The first-order valence-electron chi connectivity index (χ1n) is 7.79. The molecule has 2 N–H and O–H groups in total. The van der Waals surface area contributed by atoms with Crippen molar-refractivity contribution in [3.8, 4) is 0 Å². The van der Waals surface area contributed by atoms with Crippen molar-refractivity contribution in [3.05, 3.63) is 83.6 Å². The van der Waals surface area contributed by atoms with Gasteiger partial charge in [0.25, 0.3) is 5.91 Å². The van der Waals surface area contributed by atoms with Gasteiger partial charge >= 0.3 is 0 Å². The fourth-order valence-electron chi connectivity index (χ4n) is 2.36. The maximum Gasteiger partial charge on any atom is 0.259 e. The van der Waals surface area contributed by atoms with Crippen molar-refractivity contribution in [2.24, 2.45) is 0 Å². The Morgan fingerprint density at radius 1 is 0.917 bits per heavy atom. The molecule has 0 saturated carbocycles. The van der Waals surface area contributed by atoms with Crippen molar-refractivity contribution in [2.45, 2.75) is 13.8 Å². The first kappa shape index (κ1) is 15.7. The normalized spacial score (nSPS) is 10.2. The zero-order chi connectivity index (χ0) is 16.9. The maximum absolute atomic E-state index is 12.6. The van der Waals surface area contributed by atoms with E-state index in [2.05, 4.69) is 15.6 Å². The molecule has 4 nitrogen and oxygen atoms in total. The van der Waals surface area contributed by atoms with Gasteiger partial charge < -0.3 is 10.6 Å². The number of rotatable bonds is 4. The fourth-order valence-corrected chi connectivity index (χ4v) is 2.36. The summed E-state index contributed by atoms with van der Waals surface area (Å²) >= 11 is 0. The number of para-hydroxylation sites is 1. The number of aryl methyl sites for hydroxylation is 2. The summed E-state index contributed by atoms with van der Waals surface area (Å²) in [4.78, 5) is 16.9. The van der Waals surface area contributed by atoms with E-state index in [1.54, 1.807) is 18.3 Å². The van der Waals surface area contributed by atoms with Gasteiger partial charge in [-0.2, -0.15) is 0 Å². The van der Waals surface area contributed by atoms with E-state index in [1.807, 2.05) is 62.4 Å². The molecule has 1 amide bonds. The van der Waals surface area contributed by atoms with Gasteiger partial charge in [0.05, 0.1) is 5.56 Å². The van der Waals surface area contributed by atoms with Crippen molar-refractivity contribution < 1.29 is 4.79 Å². The number of nitrogens with one attached hydrogen (secondary N) is 2. The zero-order valence-corrected chi connectivity index (χ0v) is 13.7. The van der Waals surface area contributed by atoms with Crippen LogP contribution in [0.2, 0.25) is 0 Å². The fraction of sp³-hybridized carbons (Fsp3) is 0.100. The highest BCUT2D eigenvalue weighted by Gasteiger charge is 2.13. The molecule has 0 aliphatic heterocycles. The van der Waals surface area contributed by atoms with E-state index in [0.29, 0.717) is 11.4 Å². The SMILES string of the molecule is Cc1ccc(NC(=O)c2cccnc2Nc2ccccc2C)cc1. The molecule has 0 atom stereocenters. The summed E-state index contributed by atoms with van der Waals surface area (Å²) in [7, 11) is 0. The molecule has 1 aromatic heterocycles. The van der Waals surface area contributed by atoms with Gasteiger partial charge in [-0.3, -0.25) is 4.79 Å². The van der Waals surface area contributed by atoms with E-state index in [9.17, 15) is 4.79 Å². The van der Waals surface area contributed by atoms with Gasteiger partial charge in [0.15, 0.2) is 0 Å². The lowest BCUT2D eigenvalue weighted by molar-refractivity contribution is 0.102. The number of hydrogen-bond acceptors (Lipinski definition) is 3. The number of pyridine rings is 1. The van der Waals surface area contributed by atoms with Gasteiger partial charge in [-0.1, -0.05) is 35.9 Å². The smallest absolute Gasteiger partial charge is 0.259 e. The molecule has 0 fully saturated rings. The molecule has 2 aromatic carbocycles. The number of carbonyl (C=O) groups excluding carboxylic acids is 1. The molecule has 0 spiro atoms. The van der Waals surface area contributed by atoms with Crippen LogP contribution in [0.3, 0.4) is 0 Å². The first-order valence-corrected chi connectivity index (χ1v) is 7.79. The average Bonchev–Trinajstić information content (AvgIpc) is 2.59. The Morgan fingerprint density at radius 3 is 2.42 bits per heavy atom. The highest BCUT2D eigenvalue weighted by Crippen LogP contribution is 2.22. The molecule has 0 aliphatic carbocycles. The Bertz CT molecular complexity index is 857. The number of amides is 1. The van der Waals surface area contributed by atoms with Crippen LogP contribution in [0.15, 0.2) is 66.9 Å². The molecule has 1 heterocycles. The van der Waals surface area contributed by atoms with Crippen LogP contribution in [0.5, 0.6) is 0 Å². The van der Waals surface area contributed by atoms with Gasteiger partial charge in [0, 0.05) is 17.6 Å². The van der Waals surface area contributed by atoms with E-state index < -0.39 is 0 Å². The molecular weight excluding hydrogens is 298 g/mol. The van der Waals surface area contributed by atoms with E-state index in [1.165, 1.54) is 0 Å². The van der Waals surface area contributed by atoms with Crippen molar-refractivity contribution in [2.75, 3.05) is 10.6 Å². The number of carbonyl (C=O) groups is 1. The van der Waals surface area contributed by atoms with E-state index in [0.717, 1.165) is 22.5 Å². The predicted molar refractivity (Wildman–Crippen MR) is 97.8 cm³/mol. The molecule has 0 unspecified atom stereocenters. The first-order chi connectivity index (χ1) is 11.6. The summed E-state index contributed by atoms with van der Waals surface area (Å²) in [6, 6.07) is 19.1. The second-order valence-electron chi connectivity index (χ2n) is 5.66. The van der Waals surface area contributed by atoms with Crippen LogP contribution < -0.4 is 10.6 Å². The van der Waals surface area contributed by atoms with Crippen molar-refractivity contribution >= 4 is 23.1 Å². The summed E-state index contributed by atoms with van der Waals surface area (Å²) in [5, 5.41) is 6.15. The predicted octanol–water partition coefficient (Wildman–Crippen LogP) is 4.69. The summed E-state index contributed by atoms with van der Waals surface area (Å²) in [6.45, 7) is 4.02. The van der Waals surface area contributed by atoms with Crippen LogP contribution in [0.4, 0.5) is 17.2 Å². The van der Waals surface area contributed by atoms with Crippen LogP contribution in [-0.4, -0.2) is 10.9 Å². The molecule has 24 heavy (non-hydrogen) atoms. The number of hydrogen-bond donors (Lipinski definition) is 2. The molecule has 0 aliphatic rings. The lowest BCUT2D eigenvalue weighted by atomic mass is 10.1. The van der Waals surface area contributed by atoms with Gasteiger partial charge in [0.2, 0.25) is 0 Å². The number of benzene rings is 2. The monoisotopic (exact) mass is 317 g/mol. The molecule has 0 radical (unpaired) electrons. The van der Waals surface area contributed by atoms with Crippen LogP contribution in [0.1, 0.15) is 21.5 Å². The Morgan fingerprint density at radius 2 is 1.67 bits per heavy atom. The average molecular weight is 317 g/mol. The van der Waals surface area contributed by atoms with Crippen molar-refractivity contribution in [3.63, 3.8) is 0 Å². The summed E-state index contributed by atoms with van der Waals surface area (Å²) in [5.74, 6) is 0.347. The van der Waals surface area contributed by atoms with Crippen LogP contribution >= 0.6 is 0 Å². The second-order valence-corrected chi connectivity index (χ2v) is 5.66. The molecule has 0 bridgehead atoms. The van der Waals surface area contributed by atoms with E-state index in [4.69, 9.17) is 0 Å². The minimum Gasteiger partial charge on any atom is -0.339 e. The largest absolute Gasteiger partial charge is 0.339 e. The minimum absolute atomic E-state index is 0.192. The van der Waals surface area contributed by atoms with Crippen LogP contribution in [0, 0.1) is 13.8 Å². The molecular formula is C20H19N3O. The zero-order valence-electron chi connectivity index (χ0n) is 13.7. The molecule has 3 rings (SSSR count). The molecule has 120 valence electrons. The standard InChI is InChI=1S/C20H19N3O/c1-14-9-11-16(12-10-14)22-20(24)17-7-5-13-21-19(17)23-18-8-4-3-6-15(18)2/h3-13H,1-2H3,(H,21,23)(H,22,24). The highest BCUT2D eigenvalue weighted by atomic mass is 16.1. The Hall–Kier alpha value is -3.14. The summed E-state index contributed by atoms with van der Waals surface area (Å²) in [5.41, 5.74) is 4.43. The topological polar surface area (TPSA) is 54.0 Å². The number of aromatic nitrogens is 1. The lowest BCUT2D eigenvalue weighted by Gasteiger charge is -2.13. The number of nitrogens with zero attached hydrogens (tertiary/aromatic N) is 1. The quantitative estimate of drug-likeness (QED) is 0.733. The summed E-state index contributed by atoms with van der Waals surface area (Å²) in [6.07, 6.45) is 1.67. The van der Waals surface area contributed by atoms with E-state index >= 15 is 0 Å². The second kappa shape index (κ2) is 6.96. The summed E-state index contributed by atoms with van der Waals surface area (Å²) < 4.78 is 0.